The molecule has 11 heteroatoms. The number of amides is 1. The Morgan fingerprint density at radius 3 is 2.55 bits per heavy atom. The molecule has 3 N–H and O–H groups in total. The monoisotopic (exact) mass is 625 g/mol. The van der Waals surface area contributed by atoms with Crippen LogP contribution in [0.5, 0.6) is 0 Å². The van der Waals surface area contributed by atoms with Crippen LogP contribution >= 0.6 is 34.8 Å². The molecule has 0 saturated heterocycles. The fraction of sp³-hybridized carbons (Fsp3) is 0.355. The second-order valence-corrected chi connectivity index (χ2v) is 11.9. The van der Waals surface area contributed by atoms with Gasteiger partial charge in [-0.2, -0.15) is 9.97 Å². The Balaban J connectivity index is 1.39. The van der Waals surface area contributed by atoms with Crippen LogP contribution in [0.4, 0.5) is 11.8 Å². The van der Waals surface area contributed by atoms with E-state index in [1.165, 1.54) is 19.3 Å². The van der Waals surface area contributed by atoms with Crippen LogP contribution in [0.15, 0.2) is 60.9 Å². The molecule has 1 amide bonds. The van der Waals surface area contributed by atoms with Gasteiger partial charge in [0, 0.05) is 46.6 Å². The summed E-state index contributed by atoms with van der Waals surface area (Å²) < 4.78 is 1.89. The highest BCUT2D eigenvalue weighted by molar-refractivity contribution is 6.35. The number of imidazole rings is 1. The third-order valence-corrected chi connectivity index (χ3v) is 8.35. The minimum Gasteiger partial charge on any atom is -0.358 e. The first-order valence-corrected chi connectivity index (χ1v) is 15.3. The average molecular weight is 627 g/mol. The second-order valence-electron chi connectivity index (χ2n) is 10.7. The Morgan fingerprint density at radius 1 is 1.00 bits per heavy atom. The maximum atomic E-state index is 13.6. The van der Waals surface area contributed by atoms with Crippen LogP contribution in [-0.2, 0) is 17.9 Å². The fourth-order valence-corrected chi connectivity index (χ4v) is 5.98. The topological polar surface area (TPSA) is 96.8 Å². The average Bonchev–Trinajstić information content (AvgIpc) is 3.41. The number of carbonyl (C=O) groups is 1. The maximum Gasteiger partial charge on any atom is 0.242 e. The van der Waals surface area contributed by atoms with E-state index < -0.39 is 6.04 Å². The largest absolute Gasteiger partial charge is 0.358 e. The molecule has 2 heterocycles. The fourth-order valence-electron chi connectivity index (χ4n) is 5.30. The van der Waals surface area contributed by atoms with Crippen LogP contribution < -0.4 is 16.0 Å². The summed E-state index contributed by atoms with van der Waals surface area (Å²) >= 11 is 18.6. The number of nitrogens with one attached hydrogen (secondary N) is 3. The van der Waals surface area contributed by atoms with Crippen molar-refractivity contribution in [3.63, 3.8) is 0 Å². The van der Waals surface area contributed by atoms with Crippen LogP contribution in [0, 0.1) is 12.8 Å². The number of carbonyl (C=O) groups excluding carboxylic acids is 1. The van der Waals surface area contributed by atoms with Crippen LogP contribution in [0.2, 0.25) is 15.1 Å². The van der Waals surface area contributed by atoms with Gasteiger partial charge in [0.15, 0.2) is 0 Å². The van der Waals surface area contributed by atoms with E-state index in [1.54, 1.807) is 18.3 Å². The van der Waals surface area contributed by atoms with Crippen molar-refractivity contribution in [3.8, 4) is 5.82 Å². The highest BCUT2D eigenvalue weighted by atomic mass is 35.5. The van der Waals surface area contributed by atoms with Crippen molar-refractivity contribution in [1.29, 1.82) is 0 Å². The smallest absolute Gasteiger partial charge is 0.242 e. The maximum absolute atomic E-state index is 13.6. The summed E-state index contributed by atoms with van der Waals surface area (Å²) in [6.45, 7) is 2.70. The predicted octanol–water partition coefficient (Wildman–Crippen LogP) is 7.61. The first-order chi connectivity index (χ1) is 20.3. The molecule has 0 aliphatic heterocycles. The number of aryl methyl sites for hydroxylation is 1. The molecule has 5 rings (SSSR count). The molecule has 0 radical (unpaired) electrons. The number of hydrogen-bond acceptors (Lipinski definition) is 6. The Bertz CT molecular complexity index is 1520. The van der Waals surface area contributed by atoms with Crippen LogP contribution in [0.3, 0.4) is 0 Å². The van der Waals surface area contributed by atoms with Crippen LogP contribution in [0.1, 0.15) is 55.5 Å². The zero-order chi connectivity index (χ0) is 29.5. The van der Waals surface area contributed by atoms with E-state index in [2.05, 4.69) is 20.9 Å². The van der Waals surface area contributed by atoms with Crippen molar-refractivity contribution >= 4 is 52.5 Å². The van der Waals surface area contributed by atoms with E-state index in [4.69, 9.17) is 44.8 Å². The normalized spacial score (nSPS) is 14.4. The summed E-state index contributed by atoms with van der Waals surface area (Å²) in [5.41, 5.74) is 1.80. The van der Waals surface area contributed by atoms with Gasteiger partial charge >= 0.3 is 0 Å². The molecule has 1 unspecified atom stereocenters. The van der Waals surface area contributed by atoms with Crippen molar-refractivity contribution in [1.82, 2.24) is 24.8 Å². The van der Waals surface area contributed by atoms with Crippen molar-refractivity contribution in [2.24, 2.45) is 5.92 Å². The van der Waals surface area contributed by atoms with E-state index in [0.29, 0.717) is 58.1 Å². The van der Waals surface area contributed by atoms with Gasteiger partial charge in [-0.25, -0.2) is 4.98 Å². The third-order valence-electron chi connectivity index (χ3n) is 7.53. The molecule has 0 bridgehead atoms. The molecule has 1 saturated carbocycles. The summed E-state index contributed by atoms with van der Waals surface area (Å²) in [6, 6.07) is 14.3. The summed E-state index contributed by atoms with van der Waals surface area (Å²) in [6.07, 6.45) is 10.1. The molecule has 0 spiro atoms. The van der Waals surface area contributed by atoms with Gasteiger partial charge in [0.1, 0.15) is 23.5 Å². The molecule has 1 atom stereocenters. The number of hydrogen-bond donors (Lipinski definition) is 3. The van der Waals surface area contributed by atoms with Gasteiger partial charge < -0.3 is 16.0 Å². The highest BCUT2D eigenvalue weighted by Crippen LogP contribution is 2.29. The molecular weight excluding hydrogens is 593 g/mol. The Labute approximate surface area is 261 Å². The Kier molecular flexibility index (Phi) is 10.2. The quantitative estimate of drug-likeness (QED) is 0.159. The molecule has 220 valence electrons. The van der Waals surface area contributed by atoms with Gasteiger partial charge in [-0.05, 0) is 54.7 Å². The zero-order valence-corrected chi connectivity index (χ0v) is 25.7. The van der Waals surface area contributed by atoms with E-state index in [-0.39, 0.29) is 5.91 Å². The first-order valence-electron chi connectivity index (χ1n) is 14.2. The van der Waals surface area contributed by atoms with Crippen molar-refractivity contribution < 1.29 is 4.79 Å². The standard InChI is InChI=1S/C31H34Cl3N7O/c1-20-35-12-13-41(20)29-17-28(39-31(40-29)37-18-22-8-5-9-24(32)14-22)38-27(15-21-6-3-2-4-7-21)30(42)36-19-23-10-11-25(33)16-26(23)34/h5,8-14,16-17,21,27H,2-4,6-7,15,18-19H2,1H3,(H,36,42)(H2,37,38,39,40). The van der Waals surface area contributed by atoms with E-state index in [1.807, 2.05) is 54.1 Å². The molecule has 1 aliphatic carbocycles. The zero-order valence-electron chi connectivity index (χ0n) is 23.4. The number of aromatic nitrogens is 4. The van der Waals surface area contributed by atoms with Gasteiger partial charge in [-0.3, -0.25) is 9.36 Å². The van der Waals surface area contributed by atoms with E-state index in [0.717, 1.165) is 29.8 Å². The van der Waals surface area contributed by atoms with E-state index in [9.17, 15) is 4.79 Å². The molecule has 1 aliphatic rings. The summed E-state index contributed by atoms with van der Waals surface area (Å²) in [4.78, 5) is 27.5. The SMILES string of the molecule is Cc1nccn1-c1cc(NC(CC2CCCCC2)C(=O)NCc2ccc(Cl)cc2Cl)nc(NCc2cccc(Cl)c2)n1. The number of nitrogens with zero attached hydrogens (tertiary/aromatic N) is 4. The lowest BCUT2D eigenvalue weighted by molar-refractivity contribution is -0.122. The second kappa shape index (κ2) is 14.2. The molecular formula is C31H34Cl3N7O. The van der Waals surface area contributed by atoms with Gasteiger partial charge in [0.25, 0.3) is 0 Å². The van der Waals surface area contributed by atoms with Gasteiger partial charge in [-0.1, -0.05) is 85.1 Å². The van der Waals surface area contributed by atoms with Gasteiger partial charge in [-0.15, -0.1) is 0 Å². The minimum atomic E-state index is -0.494. The lowest BCUT2D eigenvalue weighted by Crippen LogP contribution is -2.41. The lowest BCUT2D eigenvalue weighted by atomic mass is 9.84. The van der Waals surface area contributed by atoms with Crippen molar-refractivity contribution in [3.05, 3.63) is 92.9 Å². The number of rotatable bonds is 11. The van der Waals surface area contributed by atoms with Crippen molar-refractivity contribution in [2.45, 2.75) is 64.6 Å². The first kappa shape index (κ1) is 30.1. The molecule has 42 heavy (non-hydrogen) atoms. The number of halogens is 3. The van der Waals surface area contributed by atoms with Crippen LogP contribution in [-0.4, -0.2) is 31.5 Å². The van der Waals surface area contributed by atoms with E-state index >= 15 is 0 Å². The molecule has 4 aromatic rings. The van der Waals surface area contributed by atoms with Crippen LogP contribution in [0.25, 0.3) is 5.82 Å². The number of anilines is 2. The Hall–Kier alpha value is -3.33. The summed E-state index contributed by atoms with van der Waals surface area (Å²) in [7, 11) is 0. The summed E-state index contributed by atoms with van der Waals surface area (Å²) in [5, 5.41) is 11.6. The van der Waals surface area contributed by atoms with Gasteiger partial charge in [0.05, 0.1) is 0 Å². The molecule has 1 fully saturated rings. The third kappa shape index (κ3) is 8.15. The predicted molar refractivity (Wildman–Crippen MR) is 170 cm³/mol. The highest BCUT2D eigenvalue weighted by Gasteiger charge is 2.25. The minimum absolute atomic E-state index is 0.112. The molecule has 2 aromatic carbocycles. The molecule has 8 nitrogen and oxygen atoms in total. The number of benzene rings is 2. The van der Waals surface area contributed by atoms with Gasteiger partial charge in [0.2, 0.25) is 11.9 Å². The molecule has 2 aromatic heterocycles. The Morgan fingerprint density at radius 2 is 1.81 bits per heavy atom. The van der Waals surface area contributed by atoms with Crippen molar-refractivity contribution in [2.75, 3.05) is 10.6 Å². The summed E-state index contributed by atoms with van der Waals surface area (Å²) in [5.74, 6) is 2.74. The lowest BCUT2D eigenvalue weighted by Gasteiger charge is -2.27.